The highest BCUT2D eigenvalue weighted by Crippen LogP contribution is 2.31. The topological polar surface area (TPSA) is 83.8 Å². The average molecular weight is 451 g/mol. The zero-order valence-electron chi connectivity index (χ0n) is 18.5. The van der Waals surface area contributed by atoms with Gasteiger partial charge in [-0.2, -0.15) is 0 Å². The summed E-state index contributed by atoms with van der Waals surface area (Å²) in [5, 5.41) is 2.84. The Balaban J connectivity index is 1.44. The van der Waals surface area contributed by atoms with E-state index in [-0.39, 0.29) is 18.0 Å². The Bertz CT molecular complexity index is 1290. The largest absolute Gasteiger partial charge is 0.325 e. The van der Waals surface area contributed by atoms with Crippen molar-refractivity contribution in [3.63, 3.8) is 0 Å². The Labute approximate surface area is 190 Å². The van der Waals surface area contributed by atoms with E-state index in [4.69, 9.17) is 0 Å². The number of amides is 3. The van der Waals surface area contributed by atoms with Crippen molar-refractivity contribution in [3.8, 4) is 0 Å². The molecular formula is C24H26N4O3S. The van der Waals surface area contributed by atoms with Gasteiger partial charge in [0.1, 0.15) is 5.54 Å². The minimum Gasteiger partial charge on any atom is -0.319 e. The number of urea groups is 1. The van der Waals surface area contributed by atoms with Crippen LogP contribution in [0.15, 0.2) is 35.1 Å². The molecule has 3 amide bonds. The van der Waals surface area contributed by atoms with Crippen LogP contribution in [0.3, 0.4) is 0 Å². The minimum atomic E-state index is -1.15. The van der Waals surface area contributed by atoms with Crippen LogP contribution in [-0.4, -0.2) is 26.2 Å². The van der Waals surface area contributed by atoms with E-state index in [0.29, 0.717) is 16.6 Å². The molecule has 0 bridgehead atoms. The van der Waals surface area contributed by atoms with Crippen LogP contribution in [0.25, 0.3) is 4.96 Å². The van der Waals surface area contributed by atoms with E-state index in [2.05, 4.69) is 24.1 Å². The van der Waals surface area contributed by atoms with Gasteiger partial charge in [-0.05, 0) is 49.7 Å². The molecule has 1 fully saturated rings. The number of carbonyl (C=O) groups excluding carboxylic acids is 2. The maximum absolute atomic E-state index is 13.3. The van der Waals surface area contributed by atoms with E-state index in [9.17, 15) is 14.4 Å². The molecule has 3 heterocycles. The maximum atomic E-state index is 13.3. The zero-order chi connectivity index (χ0) is 22.6. The van der Waals surface area contributed by atoms with Crippen molar-refractivity contribution in [2.24, 2.45) is 0 Å². The van der Waals surface area contributed by atoms with Crippen LogP contribution in [-0.2, 0) is 29.7 Å². The first-order chi connectivity index (χ1) is 15.3. The third kappa shape index (κ3) is 3.24. The molecule has 1 atom stereocenters. The summed E-state index contributed by atoms with van der Waals surface area (Å²) in [6, 6.07) is 8.73. The molecule has 0 saturated carbocycles. The number of hydrogen-bond acceptors (Lipinski definition) is 5. The molecule has 1 N–H and O–H groups in total. The van der Waals surface area contributed by atoms with Crippen LogP contribution in [0, 0.1) is 0 Å². The van der Waals surface area contributed by atoms with Gasteiger partial charge in [-0.25, -0.2) is 9.78 Å². The number of benzene rings is 1. The Morgan fingerprint density at radius 3 is 2.56 bits per heavy atom. The fourth-order valence-corrected chi connectivity index (χ4v) is 5.85. The number of hydrogen-bond donors (Lipinski definition) is 1. The number of aromatic nitrogens is 2. The minimum absolute atomic E-state index is 0.0291. The van der Waals surface area contributed by atoms with E-state index in [1.54, 1.807) is 11.3 Å². The quantitative estimate of drug-likeness (QED) is 0.614. The number of rotatable bonds is 4. The summed E-state index contributed by atoms with van der Waals surface area (Å²) in [5.41, 5.74) is 2.10. The van der Waals surface area contributed by atoms with Gasteiger partial charge in [-0.1, -0.05) is 38.1 Å². The molecule has 0 radical (unpaired) electrons. The Kier molecular flexibility index (Phi) is 4.93. The third-order valence-electron chi connectivity index (χ3n) is 6.56. The smallest absolute Gasteiger partial charge is 0.319 e. The maximum Gasteiger partial charge on any atom is 0.325 e. The van der Waals surface area contributed by atoms with Crippen LogP contribution in [0.5, 0.6) is 0 Å². The van der Waals surface area contributed by atoms with Crippen LogP contribution < -0.4 is 10.9 Å². The highest BCUT2D eigenvalue weighted by Gasteiger charge is 2.49. The number of thiazole rings is 1. The summed E-state index contributed by atoms with van der Waals surface area (Å²) < 4.78 is 1.69. The second kappa shape index (κ2) is 7.55. The van der Waals surface area contributed by atoms with Crippen molar-refractivity contribution in [2.75, 3.05) is 0 Å². The van der Waals surface area contributed by atoms with Gasteiger partial charge in [0.05, 0.1) is 12.2 Å². The molecule has 1 aromatic carbocycles. The van der Waals surface area contributed by atoms with Crippen molar-refractivity contribution < 1.29 is 9.59 Å². The van der Waals surface area contributed by atoms with Crippen LogP contribution in [0.2, 0.25) is 0 Å². The molecule has 1 aliphatic heterocycles. The van der Waals surface area contributed by atoms with Crippen molar-refractivity contribution >= 4 is 28.2 Å². The second-order valence-corrected chi connectivity index (χ2v) is 10.2. The highest BCUT2D eigenvalue weighted by molar-refractivity contribution is 7.17. The molecule has 7 nitrogen and oxygen atoms in total. The van der Waals surface area contributed by atoms with E-state index >= 15 is 0 Å². The van der Waals surface area contributed by atoms with Gasteiger partial charge in [0.2, 0.25) is 0 Å². The predicted octanol–water partition coefficient (Wildman–Crippen LogP) is 3.73. The van der Waals surface area contributed by atoms with Gasteiger partial charge in [-0.15, -0.1) is 11.3 Å². The highest BCUT2D eigenvalue weighted by atomic mass is 32.1. The van der Waals surface area contributed by atoms with Crippen LogP contribution in [0.4, 0.5) is 4.79 Å². The monoisotopic (exact) mass is 450 g/mol. The lowest BCUT2D eigenvalue weighted by atomic mass is 9.90. The number of nitrogens with zero attached hydrogens (tertiary/aromatic N) is 3. The molecule has 2 aliphatic rings. The summed E-state index contributed by atoms with van der Waals surface area (Å²) in [7, 11) is 0. The van der Waals surface area contributed by atoms with Gasteiger partial charge in [0.15, 0.2) is 4.96 Å². The zero-order valence-corrected chi connectivity index (χ0v) is 19.3. The SMILES string of the molecule is CC(C)c1ccc(C2(C)NC(=O)N(Cc3cc(=O)n4c5c(sc4n3)CCCC5)C2=O)cc1. The molecule has 1 unspecified atom stereocenters. The summed E-state index contributed by atoms with van der Waals surface area (Å²) in [6.45, 7) is 5.91. The molecule has 8 heteroatoms. The first-order valence-electron chi connectivity index (χ1n) is 11.1. The van der Waals surface area contributed by atoms with Crippen molar-refractivity contribution in [3.05, 3.63) is 68.1 Å². The Hall–Kier alpha value is -3.00. The standard InChI is InChI=1S/C24H26N4O3S/c1-14(2)15-8-10-16(11-9-15)24(3)21(30)27(22(31)26-24)13-17-12-20(29)28-18-6-4-5-7-19(18)32-23(28)25-17/h8-12,14H,4-7,13H2,1-3H3,(H,26,31). The fraction of sp³-hybridized carbons (Fsp3) is 0.417. The summed E-state index contributed by atoms with van der Waals surface area (Å²) in [6.07, 6.45) is 4.06. The molecule has 1 saturated heterocycles. The second-order valence-electron chi connectivity index (χ2n) is 9.11. The third-order valence-corrected chi connectivity index (χ3v) is 7.71. The van der Waals surface area contributed by atoms with Crippen molar-refractivity contribution in [1.82, 2.24) is 19.6 Å². The Morgan fingerprint density at radius 1 is 1.12 bits per heavy atom. The number of nitrogens with one attached hydrogen (secondary N) is 1. The summed E-state index contributed by atoms with van der Waals surface area (Å²) in [4.78, 5) is 46.5. The van der Waals surface area contributed by atoms with E-state index < -0.39 is 11.6 Å². The van der Waals surface area contributed by atoms with E-state index in [1.807, 2.05) is 24.3 Å². The van der Waals surface area contributed by atoms with Gasteiger partial charge < -0.3 is 5.32 Å². The lowest BCUT2D eigenvalue weighted by Gasteiger charge is -2.22. The molecule has 3 aromatic rings. The van der Waals surface area contributed by atoms with Gasteiger partial charge in [-0.3, -0.25) is 18.9 Å². The first-order valence-corrected chi connectivity index (χ1v) is 11.9. The van der Waals surface area contributed by atoms with Gasteiger partial charge in [0.25, 0.3) is 11.5 Å². The molecule has 32 heavy (non-hydrogen) atoms. The van der Waals surface area contributed by atoms with E-state index in [0.717, 1.165) is 41.8 Å². The molecule has 1 aliphatic carbocycles. The number of imide groups is 1. The Morgan fingerprint density at radius 2 is 1.84 bits per heavy atom. The van der Waals surface area contributed by atoms with Crippen LogP contribution >= 0.6 is 11.3 Å². The molecule has 5 rings (SSSR count). The molecule has 0 spiro atoms. The van der Waals surface area contributed by atoms with Gasteiger partial charge in [0, 0.05) is 16.6 Å². The molecule has 2 aromatic heterocycles. The molecule has 166 valence electrons. The number of fused-ring (bicyclic) bond motifs is 3. The normalized spacial score (nSPS) is 20.8. The summed E-state index contributed by atoms with van der Waals surface area (Å²) >= 11 is 1.54. The number of aryl methyl sites for hydroxylation is 2. The van der Waals surface area contributed by atoms with Crippen LogP contribution in [0.1, 0.15) is 66.9 Å². The number of carbonyl (C=O) groups is 2. The van der Waals surface area contributed by atoms with Crippen molar-refractivity contribution in [2.45, 2.75) is 64.5 Å². The average Bonchev–Trinajstić information content (AvgIpc) is 3.25. The van der Waals surface area contributed by atoms with Gasteiger partial charge >= 0.3 is 6.03 Å². The molecular weight excluding hydrogens is 424 g/mol. The lowest BCUT2D eigenvalue weighted by molar-refractivity contribution is -0.131. The van der Waals surface area contributed by atoms with E-state index in [1.165, 1.54) is 27.8 Å². The lowest BCUT2D eigenvalue weighted by Crippen LogP contribution is -2.40. The fourth-order valence-electron chi connectivity index (χ4n) is 4.62. The predicted molar refractivity (Wildman–Crippen MR) is 123 cm³/mol. The first kappa shape index (κ1) is 20.9. The van der Waals surface area contributed by atoms with Crippen molar-refractivity contribution in [1.29, 1.82) is 0 Å². The summed E-state index contributed by atoms with van der Waals surface area (Å²) in [5.74, 6) is 0.0394.